The average molecular weight is 677 g/mol. The van der Waals surface area contributed by atoms with Gasteiger partial charge in [-0.3, -0.25) is 24.0 Å². The Balaban J connectivity index is 3.25. The largest absolute Gasteiger partial charge is 0.508 e. The fraction of sp³-hybridized carbons (Fsp3) is 0.562. The van der Waals surface area contributed by atoms with Crippen LogP contribution in [0.2, 0.25) is 0 Å². The highest BCUT2D eigenvalue weighted by molar-refractivity contribution is 5.96. The Labute approximate surface area is 281 Å². The maximum Gasteiger partial charge on any atom is 0.326 e. The van der Waals surface area contributed by atoms with Crippen LogP contribution in [0.25, 0.3) is 0 Å². The van der Waals surface area contributed by atoms with E-state index in [9.17, 15) is 39.0 Å². The molecule has 0 aliphatic heterocycles. The van der Waals surface area contributed by atoms with Crippen LogP contribution in [0.1, 0.15) is 58.4 Å². The highest BCUT2D eigenvalue weighted by atomic mass is 16.4. The first-order chi connectivity index (χ1) is 22.6. The number of nitrogens with one attached hydrogen (secondary N) is 5. The molecule has 0 fully saturated rings. The lowest BCUT2D eigenvalue weighted by atomic mass is 10.0. The lowest BCUT2D eigenvalue weighted by Gasteiger charge is -2.27. The van der Waals surface area contributed by atoms with Crippen LogP contribution < -0.4 is 43.8 Å². The van der Waals surface area contributed by atoms with Gasteiger partial charge in [-0.1, -0.05) is 32.1 Å². The normalized spacial score (nSPS) is 14.7. The second-order valence-electron chi connectivity index (χ2n) is 12.0. The first kappa shape index (κ1) is 41.5. The number of unbranched alkanes of at least 4 members (excludes halogenated alkanes) is 1. The minimum absolute atomic E-state index is 0.0115. The first-order valence-electron chi connectivity index (χ1n) is 15.9. The van der Waals surface area contributed by atoms with E-state index in [0.717, 1.165) is 0 Å². The Hall–Kier alpha value is -4.54. The van der Waals surface area contributed by atoms with E-state index in [4.69, 9.17) is 17.2 Å². The van der Waals surface area contributed by atoms with Crippen LogP contribution in [-0.2, 0) is 35.2 Å². The SMILES string of the molecule is C=CC[C@H](NC(=O)[C@H](CCCCN)NC(=O)[C@H](CN)NC(=O)[C@H](C)N)C(=O)N[C@@H](Cc1ccc(O)cc1)C(=O)N[C@@H](CC(C)C)C(=O)O. The van der Waals surface area contributed by atoms with Crippen molar-refractivity contribution in [2.45, 2.75) is 95.5 Å². The molecule has 0 spiro atoms. The number of rotatable bonds is 22. The quantitative estimate of drug-likeness (QED) is 0.0498. The number of benzene rings is 1. The van der Waals surface area contributed by atoms with Crippen molar-refractivity contribution in [1.29, 1.82) is 0 Å². The maximum absolute atomic E-state index is 13.6. The molecule has 16 heteroatoms. The van der Waals surface area contributed by atoms with Crippen LogP contribution in [0.4, 0.5) is 0 Å². The number of phenolic OH excluding ortho intramolecular Hbond substituents is 1. The van der Waals surface area contributed by atoms with Crippen LogP contribution in [0.5, 0.6) is 5.75 Å². The van der Waals surface area contributed by atoms with Crippen molar-refractivity contribution < 1.29 is 39.0 Å². The van der Waals surface area contributed by atoms with Gasteiger partial charge in [-0.15, -0.1) is 6.58 Å². The van der Waals surface area contributed by atoms with E-state index in [2.05, 4.69) is 33.2 Å². The zero-order chi connectivity index (χ0) is 36.4. The van der Waals surface area contributed by atoms with Crippen LogP contribution in [0.3, 0.4) is 0 Å². The van der Waals surface area contributed by atoms with Gasteiger partial charge < -0.3 is 54.0 Å². The summed E-state index contributed by atoms with van der Waals surface area (Å²) in [5.41, 5.74) is 17.4. The summed E-state index contributed by atoms with van der Waals surface area (Å²) in [6.45, 7) is 8.76. The van der Waals surface area contributed by atoms with E-state index >= 15 is 0 Å². The molecule has 0 aliphatic rings. The fourth-order valence-corrected chi connectivity index (χ4v) is 4.55. The van der Waals surface area contributed by atoms with Gasteiger partial charge >= 0.3 is 5.97 Å². The van der Waals surface area contributed by atoms with Gasteiger partial charge in [0, 0.05) is 13.0 Å². The van der Waals surface area contributed by atoms with Crippen molar-refractivity contribution in [3.63, 3.8) is 0 Å². The first-order valence-corrected chi connectivity index (χ1v) is 15.9. The van der Waals surface area contributed by atoms with Crippen molar-refractivity contribution in [2.75, 3.05) is 13.1 Å². The molecule has 16 nitrogen and oxygen atoms in total. The van der Waals surface area contributed by atoms with Crippen molar-refractivity contribution in [3.05, 3.63) is 42.5 Å². The van der Waals surface area contributed by atoms with E-state index in [-0.39, 0.29) is 43.9 Å². The van der Waals surface area contributed by atoms with Gasteiger partial charge in [0.2, 0.25) is 29.5 Å². The summed E-state index contributed by atoms with van der Waals surface area (Å²) in [5, 5.41) is 32.0. The molecule has 5 amide bonds. The lowest BCUT2D eigenvalue weighted by molar-refractivity contribution is -0.142. The number of phenols is 1. The van der Waals surface area contributed by atoms with Crippen LogP contribution in [0, 0.1) is 5.92 Å². The smallest absolute Gasteiger partial charge is 0.326 e. The zero-order valence-electron chi connectivity index (χ0n) is 27.9. The van der Waals surface area contributed by atoms with Gasteiger partial charge in [0.25, 0.3) is 0 Å². The van der Waals surface area contributed by atoms with Crippen LogP contribution in [0.15, 0.2) is 36.9 Å². The molecule has 0 bridgehead atoms. The van der Waals surface area contributed by atoms with Crippen molar-refractivity contribution in [3.8, 4) is 5.75 Å². The monoisotopic (exact) mass is 676 g/mol. The van der Waals surface area contributed by atoms with Gasteiger partial charge in [0.1, 0.15) is 36.0 Å². The molecule has 268 valence electrons. The molecule has 1 rings (SSSR count). The van der Waals surface area contributed by atoms with E-state index in [1.165, 1.54) is 25.1 Å². The number of carboxylic acids is 1. The molecule has 0 saturated heterocycles. The summed E-state index contributed by atoms with van der Waals surface area (Å²) in [6, 6.07) is -1.04. The number of amides is 5. The summed E-state index contributed by atoms with van der Waals surface area (Å²) >= 11 is 0. The van der Waals surface area contributed by atoms with Crippen LogP contribution in [-0.4, -0.2) is 95.1 Å². The summed E-state index contributed by atoms with van der Waals surface area (Å²) < 4.78 is 0. The highest BCUT2D eigenvalue weighted by Gasteiger charge is 2.32. The third kappa shape index (κ3) is 14.9. The van der Waals surface area contributed by atoms with Crippen molar-refractivity contribution in [1.82, 2.24) is 26.6 Å². The molecule has 1 aromatic rings. The molecule has 0 unspecified atom stereocenters. The molecule has 0 radical (unpaired) electrons. The Morgan fingerprint density at radius 3 is 1.77 bits per heavy atom. The fourth-order valence-electron chi connectivity index (χ4n) is 4.55. The molecule has 0 saturated carbocycles. The summed E-state index contributed by atoms with van der Waals surface area (Å²) in [6.07, 6.45) is 2.55. The predicted molar refractivity (Wildman–Crippen MR) is 179 cm³/mol. The Kier molecular flexibility index (Phi) is 18.5. The number of aliphatic carboxylic acids is 1. The third-order valence-electron chi connectivity index (χ3n) is 7.23. The molecule has 1 aromatic carbocycles. The minimum Gasteiger partial charge on any atom is -0.508 e. The minimum atomic E-state index is -1.26. The summed E-state index contributed by atoms with van der Waals surface area (Å²) in [5.74, 6) is -4.90. The Morgan fingerprint density at radius 1 is 0.750 bits per heavy atom. The molecule has 0 aromatic heterocycles. The number of carbonyl (C=O) groups excluding carboxylic acids is 5. The number of carboxylic acid groups (broad SMARTS) is 1. The molecule has 48 heavy (non-hydrogen) atoms. The van der Waals surface area contributed by atoms with Crippen molar-refractivity contribution >= 4 is 35.5 Å². The van der Waals surface area contributed by atoms with Gasteiger partial charge in [-0.2, -0.15) is 0 Å². The molecule has 0 aliphatic carbocycles. The number of hydrogen-bond acceptors (Lipinski definition) is 10. The van der Waals surface area contributed by atoms with E-state index in [1.807, 2.05) is 0 Å². The summed E-state index contributed by atoms with van der Waals surface area (Å²) in [4.78, 5) is 77.4. The predicted octanol–water partition coefficient (Wildman–Crippen LogP) is -1.50. The van der Waals surface area contributed by atoms with E-state index in [0.29, 0.717) is 24.9 Å². The second-order valence-corrected chi connectivity index (χ2v) is 12.0. The summed E-state index contributed by atoms with van der Waals surface area (Å²) in [7, 11) is 0. The highest BCUT2D eigenvalue weighted by Crippen LogP contribution is 2.13. The maximum atomic E-state index is 13.6. The second kappa shape index (κ2) is 21.4. The standard InChI is InChI=1S/C32H52N8O8/c1-5-8-22(36-29(44)23(9-6-7-14-33)37-31(46)26(17-34)40-27(42)19(4)35)28(43)38-24(16-20-10-12-21(41)13-11-20)30(45)39-25(32(47)48)15-18(2)3/h5,10-13,18-19,22-26,41H,1,6-9,14-17,33-35H2,2-4H3,(H,36,44)(H,37,46)(H,38,43)(H,39,45)(H,40,42)(H,47,48)/t19-,22-,23-,24-,25-,26-/m0/s1. The number of carbonyl (C=O) groups is 6. The molecular formula is C32H52N8O8. The zero-order valence-corrected chi connectivity index (χ0v) is 27.9. The van der Waals surface area contributed by atoms with E-state index in [1.54, 1.807) is 26.0 Å². The van der Waals surface area contributed by atoms with Gasteiger partial charge in [-0.25, -0.2) is 4.79 Å². The van der Waals surface area contributed by atoms with Gasteiger partial charge in [0.05, 0.1) is 6.04 Å². The number of aromatic hydroxyl groups is 1. The van der Waals surface area contributed by atoms with E-state index < -0.39 is 71.8 Å². The third-order valence-corrected chi connectivity index (χ3v) is 7.23. The lowest BCUT2D eigenvalue weighted by Crippen LogP contribution is -2.60. The Bertz CT molecular complexity index is 1240. The number of hydrogen-bond donors (Lipinski definition) is 10. The Morgan fingerprint density at radius 2 is 1.25 bits per heavy atom. The molecule has 13 N–H and O–H groups in total. The van der Waals surface area contributed by atoms with Crippen LogP contribution >= 0.6 is 0 Å². The topological polar surface area (TPSA) is 281 Å². The molecular weight excluding hydrogens is 624 g/mol. The van der Waals surface area contributed by atoms with Crippen molar-refractivity contribution in [2.24, 2.45) is 23.1 Å². The molecule has 6 atom stereocenters. The average Bonchev–Trinajstić information content (AvgIpc) is 3.02. The number of nitrogens with two attached hydrogens (primary N) is 3. The molecule has 0 heterocycles. The van der Waals surface area contributed by atoms with Gasteiger partial charge in [-0.05, 0) is 69.2 Å². The van der Waals surface area contributed by atoms with Gasteiger partial charge in [0.15, 0.2) is 0 Å².